The molecule has 0 unspecified atom stereocenters. The van der Waals surface area contributed by atoms with Gasteiger partial charge in [-0.05, 0) is 44.8 Å². The van der Waals surface area contributed by atoms with Crippen LogP contribution in [0.15, 0.2) is 34.9 Å². The molecule has 0 bridgehead atoms. The molecule has 0 atom stereocenters. The summed E-state index contributed by atoms with van der Waals surface area (Å²) in [5.41, 5.74) is 2.24. The molecule has 3 heterocycles. The van der Waals surface area contributed by atoms with E-state index < -0.39 is 0 Å². The highest BCUT2D eigenvalue weighted by atomic mass is 35.5. The summed E-state index contributed by atoms with van der Waals surface area (Å²) in [6.07, 6.45) is 2.55. The summed E-state index contributed by atoms with van der Waals surface area (Å²) in [4.78, 5) is 24.0. The summed E-state index contributed by atoms with van der Waals surface area (Å²) in [6.45, 7) is 3.09. The zero-order valence-corrected chi connectivity index (χ0v) is 17.6. The first-order valence-corrected chi connectivity index (χ1v) is 10.2. The predicted molar refractivity (Wildman–Crippen MR) is 110 cm³/mol. The number of pyridine rings is 1. The van der Waals surface area contributed by atoms with Gasteiger partial charge in [0, 0.05) is 12.7 Å². The monoisotopic (exact) mass is 419 g/mol. The number of carbonyl (C=O) groups is 1. The Bertz CT molecular complexity index is 935. The first kappa shape index (κ1) is 20.5. The lowest BCUT2D eigenvalue weighted by Crippen LogP contribution is -2.11. The number of rotatable bonds is 8. The van der Waals surface area contributed by atoms with E-state index in [9.17, 15) is 4.79 Å². The average Bonchev–Trinajstić information content (AvgIpc) is 3.26. The number of halogens is 1. The Labute approximate surface area is 173 Å². The number of nitrogens with zero attached hydrogens (tertiary/aromatic N) is 3. The molecule has 8 heteroatoms. The molecular weight excluding hydrogens is 398 g/mol. The van der Waals surface area contributed by atoms with Crippen molar-refractivity contribution in [1.82, 2.24) is 14.9 Å². The van der Waals surface area contributed by atoms with Crippen LogP contribution in [0.3, 0.4) is 0 Å². The van der Waals surface area contributed by atoms with Crippen LogP contribution in [0.25, 0.3) is 22.1 Å². The van der Waals surface area contributed by atoms with Crippen LogP contribution in [0.4, 0.5) is 0 Å². The van der Waals surface area contributed by atoms with Gasteiger partial charge in [-0.3, -0.25) is 9.78 Å². The van der Waals surface area contributed by atoms with Crippen LogP contribution >= 0.6 is 22.9 Å². The highest BCUT2D eigenvalue weighted by Crippen LogP contribution is 2.36. The maximum atomic E-state index is 12.1. The Kier molecular flexibility index (Phi) is 6.83. The second-order valence-electron chi connectivity index (χ2n) is 6.57. The van der Waals surface area contributed by atoms with E-state index in [0.29, 0.717) is 28.3 Å². The number of oxazole rings is 1. The Morgan fingerprint density at radius 2 is 2.11 bits per heavy atom. The Morgan fingerprint density at radius 3 is 2.71 bits per heavy atom. The molecule has 0 aliphatic heterocycles. The highest BCUT2D eigenvalue weighted by Gasteiger charge is 2.21. The fraction of sp³-hybridized carbons (Fsp3) is 0.350. The molecular formula is C20H22ClN3O3S. The maximum absolute atomic E-state index is 12.1. The Balaban J connectivity index is 1.90. The molecule has 28 heavy (non-hydrogen) atoms. The number of thiophene rings is 1. The molecule has 3 aromatic rings. The quantitative estimate of drug-likeness (QED) is 0.494. The van der Waals surface area contributed by atoms with Gasteiger partial charge in [-0.2, -0.15) is 0 Å². The summed E-state index contributed by atoms with van der Waals surface area (Å²) < 4.78 is 11.8. The topological polar surface area (TPSA) is 68.5 Å². The molecule has 3 aromatic heterocycles. The van der Waals surface area contributed by atoms with Crippen LogP contribution in [0, 0.1) is 0 Å². The molecule has 0 saturated heterocycles. The zero-order chi connectivity index (χ0) is 20.1. The summed E-state index contributed by atoms with van der Waals surface area (Å²) in [5, 5.41) is 0. The minimum atomic E-state index is -0.329. The predicted octanol–water partition coefficient (Wildman–Crippen LogP) is 4.68. The van der Waals surface area contributed by atoms with Gasteiger partial charge < -0.3 is 14.1 Å². The van der Waals surface area contributed by atoms with Gasteiger partial charge >= 0.3 is 5.97 Å². The Morgan fingerprint density at radius 1 is 1.29 bits per heavy atom. The lowest BCUT2D eigenvalue weighted by Gasteiger charge is -2.08. The number of ether oxygens (including phenoxy) is 1. The molecule has 0 spiro atoms. The Hall–Kier alpha value is -2.22. The van der Waals surface area contributed by atoms with Gasteiger partial charge in [0.1, 0.15) is 0 Å². The van der Waals surface area contributed by atoms with Crippen molar-refractivity contribution < 1.29 is 13.9 Å². The van der Waals surface area contributed by atoms with Crippen molar-refractivity contribution in [2.75, 3.05) is 20.7 Å². The van der Waals surface area contributed by atoms with E-state index in [0.717, 1.165) is 29.1 Å². The summed E-state index contributed by atoms with van der Waals surface area (Å²) in [6, 6.07) is 7.51. The van der Waals surface area contributed by atoms with E-state index in [1.165, 1.54) is 11.3 Å². The lowest BCUT2D eigenvalue weighted by molar-refractivity contribution is -0.142. The fourth-order valence-corrected chi connectivity index (χ4v) is 3.64. The molecule has 0 aromatic carbocycles. The average molecular weight is 420 g/mol. The number of esters is 1. The molecule has 3 rings (SSSR count). The molecule has 0 radical (unpaired) electrons. The maximum Gasteiger partial charge on any atom is 0.312 e. The number of aromatic nitrogens is 2. The van der Waals surface area contributed by atoms with Gasteiger partial charge in [0.2, 0.25) is 5.89 Å². The van der Waals surface area contributed by atoms with Crippen molar-refractivity contribution in [1.29, 1.82) is 0 Å². The van der Waals surface area contributed by atoms with Gasteiger partial charge in [-0.15, -0.1) is 11.3 Å². The number of hydrogen-bond donors (Lipinski definition) is 0. The summed E-state index contributed by atoms with van der Waals surface area (Å²) >= 11 is 7.45. The second kappa shape index (κ2) is 9.32. The third-order valence-corrected chi connectivity index (χ3v) is 5.05. The van der Waals surface area contributed by atoms with Crippen LogP contribution in [0.1, 0.15) is 24.7 Å². The molecule has 0 saturated carbocycles. The fourth-order valence-electron chi connectivity index (χ4n) is 2.60. The molecule has 0 amide bonds. The van der Waals surface area contributed by atoms with E-state index in [1.54, 1.807) is 12.3 Å². The van der Waals surface area contributed by atoms with E-state index in [-0.39, 0.29) is 12.4 Å². The van der Waals surface area contributed by atoms with E-state index in [2.05, 4.69) is 9.97 Å². The van der Waals surface area contributed by atoms with E-state index in [1.807, 2.05) is 44.1 Å². The van der Waals surface area contributed by atoms with Crippen molar-refractivity contribution in [3.63, 3.8) is 0 Å². The largest absolute Gasteiger partial charge is 0.465 e. The number of carbonyl (C=O) groups excluding carboxylic acids is 1. The van der Waals surface area contributed by atoms with Crippen LogP contribution in [0.5, 0.6) is 0 Å². The van der Waals surface area contributed by atoms with Crippen LogP contribution in [0.2, 0.25) is 4.34 Å². The third kappa shape index (κ3) is 5.19. The van der Waals surface area contributed by atoms with Crippen LogP contribution < -0.4 is 0 Å². The number of hydrogen-bond acceptors (Lipinski definition) is 7. The third-order valence-electron chi connectivity index (χ3n) is 3.82. The van der Waals surface area contributed by atoms with Gasteiger partial charge in [0.25, 0.3) is 0 Å². The van der Waals surface area contributed by atoms with Crippen LogP contribution in [-0.4, -0.2) is 41.5 Å². The summed E-state index contributed by atoms with van der Waals surface area (Å²) in [7, 11) is 3.98. The minimum Gasteiger partial charge on any atom is -0.465 e. The normalized spacial score (nSPS) is 11.2. The highest BCUT2D eigenvalue weighted by molar-refractivity contribution is 7.19. The molecule has 148 valence electrons. The second-order valence-corrected chi connectivity index (χ2v) is 8.29. The molecule has 0 fully saturated rings. The molecule has 0 aliphatic carbocycles. The van der Waals surface area contributed by atoms with Crippen molar-refractivity contribution in [2.45, 2.75) is 26.3 Å². The first-order chi connectivity index (χ1) is 13.5. The van der Waals surface area contributed by atoms with Crippen molar-refractivity contribution in [2.24, 2.45) is 0 Å². The lowest BCUT2D eigenvalue weighted by atomic mass is 10.2. The molecule has 0 aliphatic rings. The first-order valence-electron chi connectivity index (χ1n) is 8.97. The van der Waals surface area contributed by atoms with Crippen molar-refractivity contribution in [3.05, 3.63) is 46.2 Å². The van der Waals surface area contributed by atoms with Crippen molar-refractivity contribution in [3.8, 4) is 22.1 Å². The molecule has 0 N–H and O–H groups in total. The SMILES string of the molecule is CCCOC(=O)Cc1nc(-c2ccc(CN(C)C)nc2)oc1-c1ccc(Cl)s1. The smallest absolute Gasteiger partial charge is 0.312 e. The van der Waals surface area contributed by atoms with Gasteiger partial charge in [0.15, 0.2) is 5.76 Å². The van der Waals surface area contributed by atoms with E-state index >= 15 is 0 Å². The van der Waals surface area contributed by atoms with Gasteiger partial charge in [-0.1, -0.05) is 18.5 Å². The van der Waals surface area contributed by atoms with Gasteiger partial charge in [-0.25, -0.2) is 4.98 Å². The van der Waals surface area contributed by atoms with Crippen LogP contribution in [-0.2, 0) is 22.5 Å². The van der Waals surface area contributed by atoms with Crippen molar-refractivity contribution >= 4 is 28.9 Å². The van der Waals surface area contributed by atoms with Gasteiger partial charge in [0.05, 0.1) is 39.2 Å². The zero-order valence-electron chi connectivity index (χ0n) is 16.1. The minimum absolute atomic E-state index is 0.0422. The molecule has 6 nitrogen and oxygen atoms in total. The standard InChI is InChI=1S/C20H22ClN3O3S/c1-4-9-26-18(25)10-15-19(16-7-8-17(21)28-16)27-20(23-15)13-5-6-14(22-11-13)12-24(2)3/h5-8,11H,4,9-10,12H2,1-3H3. The van der Waals surface area contributed by atoms with E-state index in [4.69, 9.17) is 20.8 Å². The summed E-state index contributed by atoms with van der Waals surface area (Å²) in [5.74, 6) is 0.629.